The van der Waals surface area contributed by atoms with Crippen LogP contribution in [-0.2, 0) is 11.2 Å². The van der Waals surface area contributed by atoms with Crippen molar-refractivity contribution >= 4 is 33.2 Å². The minimum absolute atomic E-state index is 0.0499. The standard InChI is InChI=1S/C11H14BrNOS/c12-8-11(4-2-5-11)13-10(14)7-9-3-1-6-15-9/h1,3,6H,2,4-5,7-8H2,(H,13,14). The van der Waals surface area contributed by atoms with Crippen molar-refractivity contribution in [2.24, 2.45) is 0 Å². The molecular formula is C11H14BrNOS. The van der Waals surface area contributed by atoms with Crippen molar-refractivity contribution in [3.05, 3.63) is 22.4 Å². The van der Waals surface area contributed by atoms with Crippen LogP contribution in [0.4, 0.5) is 0 Å². The van der Waals surface area contributed by atoms with Crippen LogP contribution in [0.1, 0.15) is 24.1 Å². The molecule has 82 valence electrons. The van der Waals surface area contributed by atoms with E-state index in [-0.39, 0.29) is 11.4 Å². The van der Waals surface area contributed by atoms with Crippen molar-refractivity contribution in [2.75, 3.05) is 5.33 Å². The molecule has 1 aliphatic rings. The smallest absolute Gasteiger partial charge is 0.225 e. The fraction of sp³-hybridized carbons (Fsp3) is 0.545. The van der Waals surface area contributed by atoms with Crippen molar-refractivity contribution < 1.29 is 4.79 Å². The van der Waals surface area contributed by atoms with Crippen LogP contribution in [0.25, 0.3) is 0 Å². The maximum absolute atomic E-state index is 11.8. The van der Waals surface area contributed by atoms with Crippen molar-refractivity contribution in [1.82, 2.24) is 5.32 Å². The second-order valence-corrected chi connectivity index (χ2v) is 5.66. The summed E-state index contributed by atoms with van der Waals surface area (Å²) in [6, 6.07) is 3.99. The van der Waals surface area contributed by atoms with Crippen molar-refractivity contribution in [1.29, 1.82) is 0 Å². The zero-order valence-electron chi connectivity index (χ0n) is 8.46. The molecular weight excluding hydrogens is 274 g/mol. The van der Waals surface area contributed by atoms with E-state index in [1.54, 1.807) is 11.3 Å². The summed E-state index contributed by atoms with van der Waals surface area (Å²) in [7, 11) is 0. The Bertz CT molecular complexity index is 327. The Morgan fingerprint density at radius 1 is 1.60 bits per heavy atom. The third-order valence-electron chi connectivity index (χ3n) is 2.89. The first-order chi connectivity index (χ1) is 7.24. The highest BCUT2D eigenvalue weighted by atomic mass is 79.9. The molecule has 1 N–H and O–H groups in total. The molecule has 0 radical (unpaired) electrons. The molecule has 0 atom stereocenters. The first kappa shape index (κ1) is 11.1. The summed E-state index contributed by atoms with van der Waals surface area (Å²) in [5.74, 6) is 0.150. The Morgan fingerprint density at radius 2 is 2.40 bits per heavy atom. The molecule has 15 heavy (non-hydrogen) atoms. The van der Waals surface area contributed by atoms with Crippen molar-refractivity contribution in [2.45, 2.75) is 31.2 Å². The second kappa shape index (κ2) is 4.66. The van der Waals surface area contributed by atoms with E-state index in [4.69, 9.17) is 0 Å². The fourth-order valence-corrected chi connectivity index (χ4v) is 3.21. The summed E-state index contributed by atoms with van der Waals surface area (Å²) in [6.45, 7) is 0. The van der Waals surface area contributed by atoms with E-state index < -0.39 is 0 Å². The number of amides is 1. The average molecular weight is 288 g/mol. The van der Waals surface area contributed by atoms with E-state index in [0.29, 0.717) is 6.42 Å². The lowest BCUT2D eigenvalue weighted by Crippen LogP contribution is -2.55. The minimum atomic E-state index is 0.0499. The quantitative estimate of drug-likeness (QED) is 0.848. The monoisotopic (exact) mass is 287 g/mol. The first-order valence-electron chi connectivity index (χ1n) is 5.13. The average Bonchev–Trinajstić information content (AvgIpc) is 2.64. The van der Waals surface area contributed by atoms with Gasteiger partial charge >= 0.3 is 0 Å². The molecule has 1 fully saturated rings. The number of halogens is 1. The number of nitrogens with one attached hydrogen (secondary N) is 1. The number of thiophene rings is 1. The van der Waals surface area contributed by atoms with Gasteiger partial charge in [-0.2, -0.15) is 0 Å². The summed E-state index contributed by atoms with van der Waals surface area (Å²) in [4.78, 5) is 12.9. The van der Waals surface area contributed by atoms with Crippen LogP contribution in [0.5, 0.6) is 0 Å². The van der Waals surface area contributed by atoms with Crippen LogP contribution in [0, 0.1) is 0 Å². The van der Waals surface area contributed by atoms with Crippen LogP contribution in [0.2, 0.25) is 0 Å². The molecule has 1 aromatic heterocycles. The molecule has 4 heteroatoms. The van der Waals surface area contributed by atoms with Crippen LogP contribution in [0.3, 0.4) is 0 Å². The molecule has 1 aromatic rings. The van der Waals surface area contributed by atoms with Gasteiger partial charge in [-0.05, 0) is 30.7 Å². The number of alkyl halides is 1. The van der Waals surface area contributed by atoms with Gasteiger partial charge in [-0.3, -0.25) is 4.79 Å². The SMILES string of the molecule is O=C(Cc1cccs1)NC1(CBr)CCC1. The number of hydrogen-bond donors (Lipinski definition) is 1. The molecule has 0 spiro atoms. The number of hydrogen-bond acceptors (Lipinski definition) is 2. The Labute approximate surface area is 102 Å². The normalized spacial score (nSPS) is 18.2. The van der Waals surface area contributed by atoms with Gasteiger partial charge in [-0.1, -0.05) is 22.0 Å². The maximum atomic E-state index is 11.8. The fourth-order valence-electron chi connectivity index (χ4n) is 1.81. The minimum Gasteiger partial charge on any atom is -0.350 e. The molecule has 2 nitrogen and oxygen atoms in total. The van der Waals surface area contributed by atoms with E-state index in [9.17, 15) is 4.79 Å². The molecule has 0 saturated heterocycles. The summed E-state index contributed by atoms with van der Waals surface area (Å²) in [5, 5.41) is 6.02. The highest BCUT2D eigenvalue weighted by Crippen LogP contribution is 2.33. The molecule has 1 amide bonds. The molecule has 0 unspecified atom stereocenters. The van der Waals surface area contributed by atoms with Gasteiger partial charge in [0.2, 0.25) is 5.91 Å². The van der Waals surface area contributed by atoms with Crippen LogP contribution in [-0.4, -0.2) is 16.8 Å². The highest BCUT2D eigenvalue weighted by Gasteiger charge is 2.37. The lowest BCUT2D eigenvalue weighted by atomic mass is 9.78. The molecule has 0 bridgehead atoms. The molecule has 1 aliphatic carbocycles. The van der Waals surface area contributed by atoms with Crippen LogP contribution < -0.4 is 5.32 Å². The summed E-state index contributed by atoms with van der Waals surface area (Å²) < 4.78 is 0. The predicted octanol–water partition coefficient (Wildman–Crippen LogP) is 2.72. The zero-order chi connectivity index (χ0) is 10.7. The van der Waals surface area contributed by atoms with Crippen molar-refractivity contribution in [3.8, 4) is 0 Å². The molecule has 0 aromatic carbocycles. The highest BCUT2D eigenvalue weighted by molar-refractivity contribution is 9.09. The molecule has 1 saturated carbocycles. The van der Waals surface area contributed by atoms with E-state index >= 15 is 0 Å². The third-order valence-corrected chi connectivity index (χ3v) is 4.84. The number of carbonyl (C=O) groups is 1. The first-order valence-corrected chi connectivity index (χ1v) is 7.14. The third kappa shape index (κ3) is 2.61. The van der Waals surface area contributed by atoms with Gasteiger partial charge in [0.25, 0.3) is 0 Å². The van der Waals surface area contributed by atoms with Gasteiger partial charge in [-0.15, -0.1) is 11.3 Å². The maximum Gasteiger partial charge on any atom is 0.225 e. The van der Waals surface area contributed by atoms with Crippen molar-refractivity contribution in [3.63, 3.8) is 0 Å². The van der Waals surface area contributed by atoms with Gasteiger partial charge < -0.3 is 5.32 Å². The lowest BCUT2D eigenvalue weighted by Gasteiger charge is -2.41. The topological polar surface area (TPSA) is 29.1 Å². The van der Waals surface area contributed by atoms with Crippen LogP contribution >= 0.6 is 27.3 Å². The number of carbonyl (C=O) groups excluding carboxylic acids is 1. The van der Waals surface area contributed by atoms with E-state index in [1.807, 2.05) is 17.5 Å². The van der Waals surface area contributed by atoms with Gasteiger partial charge in [0.15, 0.2) is 0 Å². The zero-order valence-corrected chi connectivity index (χ0v) is 10.9. The van der Waals surface area contributed by atoms with Gasteiger partial charge in [0, 0.05) is 15.7 Å². The summed E-state index contributed by atoms with van der Waals surface area (Å²) in [5.41, 5.74) is 0.0499. The predicted molar refractivity (Wildman–Crippen MR) is 66.5 cm³/mol. The van der Waals surface area contributed by atoms with E-state index in [2.05, 4.69) is 21.2 Å². The van der Waals surface area contributed by atoms with Gasteiger partial charge in [0.1, 0.15) is 0 Å². The Kier molecular flexibility index (Phi) is 3.46. The largest absolute Gasteiger partial charge is 0.350 e. The summed E-state index contributed by atoms with van der Waals surface area (Å²) >= 11 is 5.12. The summed E-state index contributed by atoms with van der Waals surface area (Å²) in [6.07, 6.45) is 3.96. The van der Waals surface area contributed by atoms with Crippen LogP contribution in [0.15, 0.2) is 17.5 Å². The van der Waals surface area contributed by atoms with E-state index in [1.165, 1.54) is 6.42 Å². The number of rotatable bonds is 4. The molecule has 0 aliphatic heterocycles. The van der Waals surface area contributed by atoms with E-state index in [0.717, 1.165) is 23.0 Å². The van der Waals surface area contributed by atoms with Gasteiger partial charge in [0.05, 0.1) is 6.42 Å². The molecule has 2 rings (SSSR count). The Morgan fingerprint density at radius 3 is 2.87 bits per heavy atom. The Hall–Kier alpha value is -0.350. The van der Waals surface area contributed by atoms with Gasteiger partial charge in [-0.25, -0.2) is 0 Å². The Balaban J connectivity index is 1.87. The second-order valence-electron chi connectivity index (χ2n) is 4.07. The molecule has 1 heterocycles. The lowest BCUT2D eigenvalue weighted by molar-refractivity contribution is -0.123.